The van der Waals surface area contributed by atoms with E-state index in [-0.39, 0.29) is 5.91 Å². The summed E-state index contributed by atoms with van der Waals surface area (Å²) in [7, 11) is 1.92. The normalized spacial score (nSPS) is 22.7. The Morgan fingerprint density at radius 1 is 1.75 bits per heavy atom. The third-order valence-electron chi connectivity index (χ3n) is 2.16. The molecule has 0 aromatic heterocycles. The van der Waals surface area contributed by atoms with Gasteiger partial charge in [0.25, 0.3) is 0 Å². The van der Waals surface area contributed by atoms with Crippen LogP contribution < -0.4 is 0 Å². The maximum Gasteiger partial charge on any atom is 0.223 e. The van der Waals surface area contributed by atoms with Crippen molar-refractivity contribution < 1.29 is 4.79 Å². The molecule has 4 heteroatoms. The largest absolute Gasteiger partial charge is 0.342 e. The lowest BCUT2D eigenvalue weighted by Gasteiger charge is -2.23. The van der Waals surface area contributed by atoms with Crippen LogP contribution >= 0.6 is 27.7 Å². The van der Waals surface area contributed by atoms with Gasteiger partial charge in [0.2, 0.25) is 5.91 Å². The molecule has 1 fully saturated rings. The van der Waals surface area contributed by atoms with Crippen LogP contribution in [0.4, 0.5) is 0 Å². The molecule has 0 spiro atoms. The molecule has 1 unspecified atom stereocenters. The van der Waals surface area contributed by atoms with Gasteiger partial charge in [-0.3, -0.25) is 4.79 Å². The standard InChI is InChI=1S/C8H14BrNOS/c1-10(8(11)2-4-9)7-3-5-12-6-7/h7H,2-6H2,1H3. The minimum Gasteiger partial charge on any atom is -0.342 e. The Morgan fingerprint density at radius 2 is 2.50 bits per heavy atom. The highest BCUT2D eigenvalue weighted by molar-refractivity contribution is 9.09. The molecule has 1 heterocycles. The van der Waals surface area contributed by atoms with E-state index in [1.54, 1.807) is 0 Å². The smallest absolute Gasteiger partial charge is 0.223 e. The van der Waals surface area contributed by atoms with Gasteiger partial charge in [-0.05, 0) is 12.2 Å². The van der Waals surface area contributed by atoms with Crippen molar-refractivity contribution in [2.24, 2.45) is 0 Å². The summed E-state index contributed by atoms with van der Waals surface area (Å²) in [6, 6.07) is 0.488. The molecule has 0 aliphatic carbocycles. The second-order valence-electron chi connectivity index (χ2n) is 2.96. The minimum atomic E-state index is 0.263. The molecule has 1 aliphatic heterocycles. The summed E-state index contributed by atoms with van der Waals surface area (Å²) in [6.07, 6.45) is 1.78. The molecule has 0 aromatic carbocycles. The first-order valence-corrected chi connectivity index (χ1v) is 6.42. The van der Waals surface area contributed by atoms with E-state index in [9.17, 15) is 4.79 Å². The van der Waals surface area contributed by atoms with Gasteiger partial charge >= 0.3 is 0 Å². The van der Waals surface area contributed by atoms with E-state index in [4.69, 9.17) is 0 Å². The van der Waals surface area contributed by atoms with Crippen molar-refractivity contribution in [1.82, 2.24) is 4.90 Å². The van der Waals surface area contributed by atoms with Gasteiger partial charge in [-0.15, -0.1) is 0 Å². The molecule has 0 bridgehead atoms. The van der Waals surface area contributed by atoms with Gasteiger partial charge in [-0.25, -0.2) is 0 Å². The number of carbonyl (C=O) groups excluding carboxylic acids is 1. The molecule has 1 amide bonds. The van der Waals surface area contributed by atoms with Crippen LogP contribution in [0.15, 0.2) is 0 Å². The number of amides is 1. The lowest BCUT2D eigenvalue weighted by molar-refractivity contribution is -0.131. The van der Waals surface area contributed by atoms with E-state index >= 15 is 0 Å². The Morgan fingerprint density at radius 3 is 3.00 bits per heavy atom. The number of hydrogen-bond donors (Lipinski definition) is 0. The van der Waals surface area contributed by atoms with E-state index in [1.807, 2.05) is 23.7 Å². The fourth-order valence-electron chi connectivity index (χ4n) is 1.29. The van der Waals surface area contributed by atoms with Crippen LogP contribution in [0.3, 0.4) is 0 Å². The van der Waals surface area contributed by atoms with Crippen molar-refractivity contribution in [1.29, 1.82) is 0 Å². The summed E-state index contributed by atoms with van der Waals surface area (Å²) >= 11 is 5.21. The first kappa shape index (κ1) is 10.4. The molecule has 2 nitrogen and oxygen atoms in total. The van der Waals surface area contributed by atoms with Crippen molar-refractivity contribution >= 4 is 33.6 Å². The Balaban J connectivity index is 2.34. The number of nitrogens with zero attached hydrogens (tertiary/aromatic N) is 1. The Bertz CT molecular complexity index is 159. The number of thioether (sulfide) groups is 1. The number of halogens is 1. The zero-order valence-electron chi connectivity index (χ0n) is 7.25. The van der Waals surface area contributed by atoms with Crippen LogP contribution in [0, 0.1) is 0 Å². The topological polar surface area (TPSA) is 20.3 Å². The van der Waals surface area contributed by atoms with Crippen LogP contribution in [0.2, 0.25) is 0 Å². The monoisotopic (exact) mass is 251 g/mol. The molecule has 70 valence electrons. The first-order chi connectivity index (χ1) is 5.75. The molecule has 0 aromatic rings. The van der Waals surface area contributed by atoms with Gasteiger partial charge in [0.1, 0.15) is 0 Å². The molecule has 1 rings (SSSR count). The van der Waals surface area contributed by atoms with Gasteiger partial charge in [-0.2, -0.15) is 11.8 Å². The first-order valence-electron chi connectivity index (χ1n) is 4.15. The fraction of sp³-hybridized carbons (Fsp3) is 0.875. The zero-order valence-corrected chi connectivity index (χ0v) is 9.66. The Hall–Kier alpha value is 0.300. The number of alkyl halides is 1. The summed E-state index contributed by atoms with van der Waals surface area (Å²) in [5, 5.41) is 0.774. The fourth-order valence-corrected chi connectivity index (χ4v) is 2.90. The van der Waals surface area contributed by atoms with E-state index in [2.05, 4.69) is 15.9 Å². The van der Waals surface area contributed by atoms with Gasteiger partial charge in [0, 0.05) is 30.6 Å². The van der Waals surface area contributed by atoms with E-state index in [0.29, 0.717) is 12.5 Å². The molecular formula is C8H14BrNOS. The van der Waals surface area contributed by atoms with Gasteiger partial charge in [0.15, 0.2) is 0 Å². The number of hydrogen-bond acceptors (Lipinski definition) is 2. The Kier molecular flexibility index (Phi) is 4.43. The quantitative estimate of drug-likeness (QED) is 0.713. The zero-order chi connectivity index (χ0) is 8.97. The van der Waals surface area contributed by atoms with Crippen LogP contribution in [0.1, 0.15) is 12.8 Å². The lowest BCUT2D eigenvalue weighted by Crippen LogP contribution is -2.36. The predicted octanol–water partition coefficient (Wildman–Crippen LogP) is 1.74. The summed E-state index contributed by atoms with van der Waals surface area (Å²) in [5.41, 5.74) is 0. The molecule has 1 atom stereocenters. The van der Waals surface area contributed by atoms with Crippen LogP contribution in [-0.2, 0) is 4.79 Å². The molecular weight excluding hydrogens is 238 g/mol. The van der Waals surface area contributed by atoms with E-state index in [1.165, 1.54) is 5.75 Å². The van der Waals surface area contributed by atoms with Crippen LogP contribution in [0.5, 0.6) is 0 Å². The van der Waals surface area contributed by atoms with E-state index < -0.39 is 0 Å². The average Bonchev–Trinajstić information content (AvgIpc) is 2.55. The molecule has 1 aliphatic rings. The molecule has 0 radical (unpaired) electrons. The highest BCUT2D eigenvalue weighted by Gasteiger charge is 2.22. The van der Waals surface area contributed by atoms with Gasteiger partial charge in [-0.1, -0.05) is 15.9 Å². The number of rotatable bonds is 3. The highest BCUT2D eigenvalue weighted by atomic mass is 79.9. The summed E-state index contributed by atoms with van der Waals surface area (Å²) in [4.78, 5) is 13.3. The van der Waals surface area contributed by atoms with Crippen LogP contribution in [-0.4, -0.2) is 40.7 Å². The van der Waals surface area contributed by atoms with Crippen molar-refractivity contribution in [2.75, 3.05) is 23.9 Å². The SMILES string of the molecule is CN(C(=O)CCBr)C1CCSC1. The molecule has 0 N–H and O–H groups in total. The van der Waals surface area contributed by atoms with Crippen molar-refractivity contribution in [3.05, 3.63) is 0 Å². The minimum absolute atomic E-state index is 0.263. The summed E-state index contributed by atoms with van der Waals surface area (Å²) in [5.74, 6) is 2.58. The van der Waals surface area contributed by atoms with Crippen molar-refractivity contribution in [3.8, 4) is 0 Å². The third-order valence-corrected chi connectivity index (χ3v) is 3.70. The number of carbonyl (C=O) groups is 1. The maximum absolute atomic E-state index is 11.4. The molecule has 1 saturated heterocycles. The highest BCUT2D eigenvalue weighted by Crippen LogP contribution is 2.21. The molecule has 0 saturated carbocycles. The predicted molar refractivity (Wildman–Crippen MR) is 56.9 cm³/mol. The van der Waals surface area contributed by atoms with Crippen LogP contribution in [0.25, 0.3) is 0 Å². The summed E-state index contributed by atoms with van der Waals surface area (Å²) < 4.78 is 0. The third kappa shape index (κ3) is 2.66. The summed E-state index contributed by atoms with van der Waals surface area (Å²) in [6.45, 7) is 0. The van der Waals surface area contributed by atoms with Gasteiger partial charge in [0.05, 0.1) is 0 Å². The Labute approximate surface area is 86.2 Å². The maximum atomic E-state index is 11.4. The molecule has 12 heavy (non-hydrogen) atoms. The van der Waals surface area contributed by atoms with Crippen molar-refractivity contribution in [3.63, 3.8) is 0 Å². The second-order valence-corrected chi connectivity index (χ2v) is 4.90. The second kappa shape index (κ2) is 5.12. The van der Waals surface area contributed by atoms with E-state index in [0.717, 1.165) is 17.5 Å². The lowest BCUT2D eigenvalue weighted by atomic mass is 10.2. The van der Waals surface area contributed by atoms with Gasteiger partial charge < -0.3 is 4.90 Å². The van der Waals surface area contributed by atoms with Crippen molar-refractivity contribution in [2.45, 2.75) is 18.9 Å². The average molecular weight is 252 g/mol.